The average molecular weight is 390 g/mol. The number of nitrogens with zero attached hydrogens (tertiary/aromatic N) is 2. The lowest BCUT2D eigenvalue weighted by Gasteiger charge is -2.37. The molecule has 4 rings (SSSR count). The molecule has 1 spiro atoms. The standard InChI is InChI=1S/C19H17F3N4O2/c20-19(21,22)14-3-1-2-12(10-14)13-4-5-15(23-11-13)26-8-6-18(7-9-26)16(27)24-17(28)25-18/h1-5,10-11H,6-9H2,(H2,24,25,27,28). The molecule has 1 aromatic carbocycles. The third kappa shape index (κ3) is 3.28. The van der Waals surface area contributed by atoms with Gasteiger partial charge in [0.15, 0.2) is 0 Å². The summed E-state index contributed by atoms with van der Waals surface area (Å²) in [6.45, 7) is 1.06. The topological polar surface area (TPSA) is 74.3 Å². The summed E-state index contributed by atoms with van der Waals surface area (Å²) in [6.07, 6.45) is -1.93. The highest BCUT2D eigenvalue weighted by Gasteiger charge is 2.47. The zero-order chi connectivity index (χ0) is 19.9. The van der Waals surface area contributed by atoms with Crippen LogP contribution < -0.4 is 15.5 Å². The number of pyridine rings is 1. The van der Waals surface area contributed by atoms with Gasteiger partial charge in [0.1, 0.15) is 11.4 Å². The second-order valence-corrected chi connectivity index (χ2v) is 6.96. The molecule has 2 aliphatic heterocycles. The molecule has 1 aromatic heterocycles. The van der Waals surface area contributed by atoms with Gasteiger partial charge >= 0.3 is 12.2 Å². The first-order valence-corrected chi connectivity index (χ1v) is 8.79. The second-order valence-electron chi connectivity index (χ2n) is 6.96. The van der Waals surface area contributed by atoms with Crippen molar-refractivity contribution in [3.8, 4) is 11.1 Å². The number of aromatic nitrogens is 1. The molecular weight excluding hydrogens is 373 g/mol. The van der Waals surface area contributed by atoms with Crippen molar-refractivity contribution in [1.29, 1.82) is 0 Å². The molecule has 6 nitrogen and oxygen atoms in total. The molecule has 146 valence electrons. The summed E-state index contributed by atoms with van der Waals surface area (Å²) >= 11 is 0. The van der Waals surface area contributed by atoms with E-state index in [1.807, 2.05) is 4.90 Å². The maximum atomic E-state index is 12.9. The Labute approximate surface area is 158 Å². The summed E-state index contributed by atoms with van der Waals surface area (Å²) < 4.78 is 38.7. The molecule has 0 bridgehead atoms. The van der Waals surface area contributed by atoms with Crippen LogP contribution in [0.3, 0.4) is 0 Å². The Bertz CT molecular complexity index is 920. The van der Waals surface area contributed by atoms with E-state index in [0.717, 1.165) is 12.1 Å². The summed E-state index contributed by atoms with van der Waals surface area (Å²) in [4.78, 5) is 29.8. The van der Waals surface area contributed by atoms with Crippen molar-refractivity contribution in [1.82, 2.24) is 15.6 Å². The number of carbonyl (C=O) groups excluding carboxylic acids is 2. The second kappa shape index (κ2) is 6.50. The van der Waals surface area contributed by atoms with Crippen LogP contribution >= 0.6 is 0 Å². The van der Waals surface area contributed by atoms with E-state index < -0.39 is 23.3 Å². The Morgan fingerprint density at radius 3 is 2.36 bits per heavy atom. The van der Waals surface area contributed by atoms with Crippen LogP contribution in [0, 0.1) is 0 Å². The van der Waals surface area contributed by atoms with Gasteiger partial charge in [-0.2, -0.15) is 13.2 Å². The Morgan fingerprint density at radius 2 is 1.79 bits per heavy atom. The molecule has 3 heterocycles. The fraction of sp³-hybridized carbons (Fsp3) is 0.316. The Morgan fingerprint density at radius 1 is 1.04 bits per heavy atom. The van der Waals surface area contributed by atoms with Gasteiger partial charge in [0.25, 0.3) is 5.91 Å². The summed E-state index contributed by atoms with van der Waals surface area (Å²) in [6, 6.07) is 8.12. The number of nitrogens with one attached hydrogen (secondary N) is 2. The lowest BCUT2D eigenvalue weighted by atomic mass is 9.88. The fourth-order valence-electron chi connectivity index (χ4n) is 3.62. The molecule has 28 heavy (non-hydrogen) atoms. The third-order valence-corrected chi connectivity index (χ3v) is 5.23. The molecular formula is C19H17F3N4O2. The summed E-state index contributed by atoms with van der Waals surface area (Å²) in [7, 11) is 0. The number of carbonyl (C=O) groups is 2. The highest BCUT2D eigenvalue weighted by atomic mass is 19.4. The minimum atomic E-state index is -4.39. The highest BCUT2D eigenvalue weighted by molar-refractivity contribution is 6.07. The van der Waals surface area contributed by atoms with Crippen molar-refractivity contribution in [2.24, 2.45) is 0 Å². The first-order chi connectivity index (χ1) is 13.3. The first-order valence-electron chi connectivity index (χ1n) is 8.79. The summed E-state index contributed by atoms with van der Waals surface area (Å²) in [5, 5.41) is 4.97. The number of imide groups is 1. The van der Waals surface area contributed by atoms with Gasteiger partial charge in [-0.3, -0.25) is 10.1 Å². The van der Waals surface area contributed by atoms with E-state index in [-0.39, 0.29) is 5.91 Å². The van der Waals surface area contributed by atoms with E-state index in [2.05, 4.69) is 15.6 Å². The number of hydrogen-bond donors (Lipinski definition) is 2. The number of piperidine rings is 1. The monoisotopic (exact) mass is 390 g/mol. The maximum Gasteiger partial charge on any atom is 0.416 e. The van der Waals surface area contributed by atoms with E-state index in [4.69, 9.17) is 0 Å². The zero-order valence-electron chi connectivity index (χ0n) is 14.7. The van der Waals surface area contributed by atoms with Gasteiger partial charge in [-0.1, -0.05) is 12.1 Å². The van der Waals surface area contributed by atoms with Gasteiger partial charge < -0.3 is 10.2 Å². The van der Waals surface area contributed by atoms with E-state index in [0.29, 0.717) is 42.9 Å². The van der Waals surface area contributed by atoms with Crippen LogP contribution in [0.4, 0.5) is 23.8 Å². The van der Waals surface area contributed by atoms with Gasteiger partial charge in [-0.05, 0) is 42.7 Å². The van der Waals surface area contributed by atoms with Gasteiger partial charge in [-0.15, -0.1) is 0 Å². The van der Waals surface area contributed by atoms with Crippen LogP contribution in [0.5, 0.6) is 0 Å². The molecule has 2 aliphatic rings. The Hall–Kier alpha value is -3.10. The molecule has 2 fully saturated rings. The van der Waals surface area contributed by atoms with Crippen LogP contribution in [0.1, 0.15) is 18.4 Å². The molecule has 3 amide bonds. The number of urea groups is 1. The fourth-order valence-corrected chi connectivity index (χ4v) is 3.62. The number of alkyl halides is 3. The van der Waals surface area contributed by atoms with Crippen LogP contribution in [0.25, 0.3) is 11.1 Å². The van der Waals surface area contributed by atoms with E-state index in [9.17, 15) is 22.8 Å². The molecule has 0 atom stereocenters. The number of hydrogen-bond acceptors (Lipinski definition) is 4. The van der Waals surface area contributed by atoms with Crippen LogP contribution in [0.15, 0.2) is 42.6 Å². The number of benzene rings is 1. The Balaban J connectivity index is 1.48. The zero-order valence-corrected chi connectivity index (χ0v) is 14.7. The first kappa shape index (κ1) is 18.3. The molecule has 2 saturated heterocycles. The summed E-state index contributed by atoms with van der Waals surface area (Å²) in [5.74, 6) is 0.375. The largest absolute Gasteiger partial charge is 0.416 e. The van der Waals surface area contributed by atoms with Crippen molar-refractivity contribution in [2.45, 2.75) is 24.6 Å². The Kier molecular flexibility index (Phi) is 4.24. The number of amides is 3. The minimum absolute atomic E-state index is 0.301. The molecule has 0 saturated carbocycles. The molecule has 2 aromatic rings. The third-order valence-electron chi connectivity index (χ3n) is 5.23. The van der Waals surface area contributed by atoms with Crippen LogP contribution in [0.2, 0.25) is 0 Å². The lowest BCUT2D eigenvalue weighted by Crippen LogP contribution is -2.55. The smallest absolute Gasteiger partial charge is 0.356 e. The van der Waals surface area contributed by atoms with Gasteiger partial charge in [0.2, 0.25) is 0 Å². The van der Waals surface area contributed by atoms with Crippen molar-refractivity contribution in [3.05, 3.63) is 48.2 Å². The van der Waals surface area contributed by atoms with Crippen molar-refractivity contribution in [3.63, 3.8) is 0 Å². The predicted molar refractivity (Wildman–Crippen MR) is 95.5 cm³/mol. The van der Waals surface area contributed by atoms with Gasteiger partial charge in [-0.25, -0.2) is 9.78 Å². The maximum absolute atomic E-state index is 12.9. The van der Waals surface area contributed by atoms with Crippen LogP contribution in [-0.4, -0.2) is 35.6 Å². The average Bonchev–Trinajstić information content (AvgIpc) is 2.95. The quantitative estimate of drug-likeness (QED) is 0.774. The van der Waals surface area contributed by atoms with Crippen molar-refractivity contribution < 1.29 is 22.8 Å². The van der Waals surface area contributed by atoms with Gasteiger partial charge in [0.05, 0.1) is 5.56 Å². The highest BCUT2D eigenvalue weighted by Crippen LogP contribution is 2.33. The molecule has 2 N–H and O–H groups in total. The van der Waals surface area contributed by atoms with E-state index >= 15 is 0 Å². The normalized spacial score (nSPS) is 18.9. The number of halogens is 3. The molecule has 9 heteroatoms. The minimum Gasteiger partial charge on any atom is -0.356 e. The molecule has 0 aliphatic carbocycles. The van der Waals surface area contributed by atoms with E-state index in [1.54, 1.807) is 24.4 Å². The van der Waals surface area contributed by atoms with E-state index in [1.165, 1.54) is 6.07 Å². The number of rotatable bonds is 2. The predicted octanol–water partition coefficient (Wildman–Crippen LogP) is 2.95. The molecule has 0 radical (unpaired) electrons. The van der Waals surface area contributed by atoms with Gasteiger partial charge in [0, 0.05) is 24.8 Å². The van der Waals surface area contributed by atoms with Crippen molar-refractivity contribution in [2.75, 3.05) is 18.0 Å². The van der Waals surface area contributed by atoms with Crippen molar-refractivity contribution >= 4 is 17.8 Å². The summed E-state index contributed by atoms with van der Waals surface area (Å²) in [5.41, 5.74) is -0.527. The lowest BCUT2D eigenvalue weighted by molar-refractivity contribution is -0.137. The SMILES string of the molecule is O=C1NC(=O)C2(CCN(c3ccc(-c4cccc(C(F)(F)F)c4)cn3)CC2)N1. The molecule has 0 unspecified atom stereocenters. The van der Waals surface area contributed by atoms with Crippen LogP contribution in [-0.2, 0) is 11.0 Å². The number of anilines is 1.